The number of carboxylic acid groups (broad SMARTS) is 1. The second-order valence-electron chi connectivity index (χ2n) is 6.40. The van der Waals surface area contributed by atoms with Crippen molar-refractivity contribution in [3.8, 4) is 0 Å². The third-order valence-electron chi connectivity index (χ3n) is 4.41. The molecule has 4 N–H and O–H groups in total. The molecule has 26 heavy (non-hydrogen) atoms. The van der Waals surface area contributed by atoms with Crippen LogP contribution in [0, 0.1) is 0 Å². The van der Waals surface area contributed by atoms with Gasteiger partial charge in [0.05, 0.1) is 6.54 Å². The van der Waals surface area contributed by atoms with Gasteiger partial charge in [-0.25, -0.2) is 4.98 Å². The van der Waals surface area contributed by atoms with Crippen molar-refractivity contribution in [3.05, 3.63) is 58.8 Å². The number of amides is 1. The Morgan fingerprint density at radius 3 is 2.85 bits per heavy atom. The Hall–Kier alpha value is -2.93. The predicted octanol–water partition coefficient (Wildman–Crippen LogP) is 1.08. The van der Waals surface area contributed by atoms with Gasteiger partial charge >= 0.3 is 5.97 Å². The molecule has 0 fully saturated rings. The molecular weight excluding hydrogens is 332 g/mol. The van der Waals surface area contributed by atoms with E-state index in [2.05, 4.69) is 10.3 Å². The molecule has 0 spiro atoms. The number of anilines is 1. The highest BCUT2D eigenvalue weighted by atomic mass is 16.4. The molecule has 0 atom stereocenters. The van der Waals surface area contributed by atoms with E-state index in [1.807, 2.05) is 29.2 Å². The molecule has 0 bridgehead atoms. The minimum absolute atomic E-state index is 0.0414. The minimum atomic E-state index is -0.820. The number of pyridine rings is 1. The van der Waals surface area contributed by atoms with Gasteiger partial charge in [0.25, 0.3) is 5.91 Å². The highest BCUT2D eigenvalue weighted by Gasteiger charge is 2.19. The van der Waals surface area contributed by atoms with E-state index in [0.717, 1.165) is 23.2 Å². The molecule has 1 amide bonds. The van der Waals surface area contributed by atoms with Crippen LogP contribution in [0.3, 0.4) is 0 Å². The van der Waals surface area contributed by atoms with Crippen LogP contribution >= 0.6 is 0 Å². The number of nitrogens with two attached hydrogens (primary N) is 1. The lowest BCUT2D eigenvalue weighted by atomic mass is 9.97. The largest absolute Gasteiger partial charge is 0.480 e. The maximum Gasteiger partial charge on any atom is 0.317 e. The average molecular weight is 354 g/mol. The van der Waals surface area contributed by atoms with Gasteiger partial charge in [-0.05, 0) is 41.8 Å². The monoisotopic (exact) mass is 354 g/mol. The lowest BCUT2D eigenvalue weighted by Crippen LogP contribution is -2.35. The topological polar surface area (TPSA) is 109 Å². The number of fused-ring (bicyclic) bond motifs is 1. The van der Waals surface area contributed by atoms with Gasteiger partial charge < -0.3 is 16.2 Å². The van der Waals surface area contributed by atoms with E-state index in [-0.39, 0.29) is 12.5 Å². The number of carbonyl (C=O) groups is 2. The number of carbonyl (C=O) groups excluding carboxylic acids is 1. The van der Waals surface area contributed by atoms with Crippen molar-refractivity contribution in [1.82, 2.24) is 15.2 Å². The summed E-state index contributed by atoms with van der Waals surface area (Å²) >= 11 is 0. The number of nitrogens with one attached hydrogen (secondary N) is 1. The molecule has 136 valence electrons. The molecule has 0 saturated carbocycles. The summed E-state index contributed by atoms with van der Waals surface area (Å²) in [4.78, 5) is 29.3. The Kier molecular flexibility index (Phi) is 5.48. The summed E-state index contributed by atoms with van der Waals surface area (Å²) in [5.41, 5.74) is 9.30. The fraction of sp³-hybridized carbons (Fsp3) is 0.316. The summed E-state index contributed by atoms with van der Waals surface area (Å²) in [6.07, 6.45) is 1.36. The fourth-order valence-corrected chi connectivity index (χ4v) is 3.12. The van der Waals surface area contributed by atoms with Crippen LogP contribution in [0.4, 0.5) is 5.82 Å². The highest BCUT2D eigenvalue weighted by molar-refractivity contribution is 5.94. The van der Waals surface area contributed by atoms with Crippen LogP contribution < -0.4 is 11.1 Å². The SMILES string of the molecule is Nc1cccc(CCNC(=O)c2ccc3c(c2)CCN(CC(=O)O)C3)n1. The molecule has 2 aromatic rings. The zero-order chi connectivity index (χ0) is 18.5. The molecule has 2 heterocycles. The molecule has 1 aromatic heterocycles. The van der Waals surface area contributed by atoms with Crippen molar-refractivity contribution < 1.29 is 14.7 Å². The highest BCUT2D eigenvalue weighted by Crippen LogP contribution is 2.20. The van der Waals surface area contributed by atoms with Gasteiger partial charge in [0.1, 0.15) is 5.82 Å². The first kappa shape index (κ1) is 17.9. The number of hydrogen-bond donors (Lipinski definition) is 3. The van der Waals surface area contributed by atoms with Crippen molar-refractivity contribution in [2.24, 2.45) is 0 Å². The van der Waals surface area contributed by atoms with E-state index in [4.69, 9.17) is 10.8 Å². The third-order valence-corrected chi connectivity index (χ3v) is 4.41. The number of aromatic nitrogens is 1. The van der Waals surface area contributed by atoms with Gasteiger partial charge in [-0.1, -0.05) is 12.1 Å². The molecule has 0 radical (unpaired) electrons. The van der Waals surface area contributed by atoms with E-state index >= 15 is 0 Å². The van der Waals surface area contributed by atoms with Crippen LogP contribution in [-0.4, -0.2) is 46.5 Å². The molecule has 3 rings (SSSR count). The van der Waals surface area contributed by atoms with Crippen LogP contribution in [-0.2, 0) is 24.2 Å². The summed E-state index contributed by atoms with van der Waals surface area (Å²) in [6.45, 7) is 1.81. The van der Waals surface area contributed by atoms with Crippen molar-refractivity contribution in [2.75, 3.05) is 25.4 Å². The lowest BCUT2D eigenvalue weighted by molar-refractivity contribution is -0.138. The van der Waals surface area contributed by atoms with E-state index in [1.54, 1.807) is 12.1 Å². The second-order valence-corrected chi connectivity index (χ2v) is 6.40. The normalized spacial score (nSPS) is 13.8. The molecule has 7 nitrogen and oxygen atoms in total. The Morgan fingerprint density at radius 1 is 1.23 bits per heavy atom. The van der Waals surface area contributed by atoms with Gasteiger partial charge in [0.2, 0.25) is 0 Å². The van der Waals surface area contributed by atoms with Gasteiger partial charge in [-0.3, -0.25) is 14.5 Å². The third kappa shape index (κ3) is 4.58. The quantitative estimate of drug-likeness (QED) is 0.716. The zero-order valence-electron chi connectivity index (χ0n) is 14.4. The number of nitrogen functional groups attached to an aromatic ring is 1. The molecule has 0 unspecified atom stereocenters. The van der Waals surface area contributed by atoms with Crippen molar-refractivity contribution in [2.45, 2.75) is 19.4 Å². The predicted molar refractivity (Wildman–Crippen MR) is 97.7 cm³/mol. The second kappa shape index (κ2) is 7.97. The molecule has 1 aromatic carbocycles. The number of aliphatic carboxylic acids is 1. The molecule has 0 saturated heterocycles. The first-order valence-corrected chi connectivity index (χ1v) is 8.57. The number of benzene rings is 1. The lowest BCUT2D eigenvalue weighted by Gasteiger charge is -2.27. The Morgan fingerprint density at radius 2 is 2.08 bits per heavy atom. The van der Waals surface area contributed by atoms with Crippen LogP contribution in [0.25, 0.3) is 0 Å². The number of hydrogen-bond acceptors (Lipinski definition) is 5. The summed E-state index contributed by atoms with van der Waals surface area (Å²) in [7, 11) is 0. The van der Waals surface area contributed by atoms with E-state index in [9.17, 15) is 9.59 Å². The summed E-state index contributed by atoms with van der Waals surface area (Å²) in [5.74, 6) is -0.468. The fourth-order valence-electron chi connectivity index (χ4n) is 3.12. The van der Waals surface area contributed by atoms with Gasteiger partial charge in [-0.15, -0.1) is 0 Å². The van der Waals surface area contributed by atoms with Crippen molar-refractivity contribution in [1.29, 1.82) is 0 Å². The average Bonchev–Trinajstić information content (AvgIpc) is 2.60. The van der Waals surface area contributed by atoms with E-state index in [0.29, 0.717) is 37.4 Å². The first-order valence-electron chi connectivity index (χ1n) is 8.57. The summed E-state index contributed by atoms with van der Waals surface area (Å²) in [5, 5.41) is 11.8. The Labute approximate surface area is 151 Å². The van der Waals surface area contributed by atoms with Crippen molar-refractivity contribution in [3.63, 3.8) is 0 Å². The van der Waals surface area contributed by atoms with Gasteiger partial charge in [0.15, 0.2) is 0 Å². The molecular formula is C19H22N4O3. The molecule has 1 aliphatic rings. The maximum atomic E-state index is 12.4. The number of carboxylic acids is 1. The van der Waals surface area contributed by atoms with Crippen LogP contribution in [0.1, 0.15) is 27.2 Å². The van der Waals surface area contributed by atoms with E-state index in [1.165, 1.54) is 0 Å². The number of nitrogens with zero attached hydrogens (tertiary/aromatic N) is 2. The van der Waals surface area contributed by atoms with Crippen molar-refractivity contribution >= 4 is 17.7 Å². The standard InChI is InChI=1S/C19H22N4O3/c20-17-3-1-2-16(22-17)6-8-21-19(26)14-4-5-15-11-23(12-18(24)25)9-7-13(15)10-14/h1-5,10H,6-9,11-12H2,(H2,20,22)(H,21,26)(H,24,25). The molecule has 7 heteroatoms. The summed E-state index contributed by atoms with van der Waals surface area (Å²) in [6, 6.07) is 11.1. The molecule has 0 aliphatic carbocycles. The van der Waals surface area contributed by atoms with Gasteiger partial charge in [0, 0.05) is 37.3 Å². The number of rotatable bonds is 6. The van der Waals surface area contributed by atoms with Crippen LogP contribution in [0.15, 0.2) is 36.4 Å². The Bertz CT molecular complexity index is 822. The van der Waals surface area contributed by atoms with Gasteiger partial charge in [-0.2, -0.15) is 0 Å². The molecule has 1 aliphatic heterocycles. The van der Waals surface area contributed by atoms with Crippen LogP contribution in [0.5, 0.6) is 0 Å². The minimum Gasteiger partial charge on any atom is -0.480 e. The zero-order valence-corrected chi connectivity index (χ0v) is 14.4. The first-order chi connectivity index (χ1) is 12.5. The van der Waals surface area contributed by atoms with Crippen LogP contribution in [0.2, 0.25) is 0 Å². The van der Waals surface area contributed by atoms with E-state index < -0.39 is 5.97 Å². The Balaban J connectivity index is 1.56. The summed E-state index contributed by atoms with van der Waals surface area (Å²) < 4.78 is 0. The maximum absolute atomic E-state index is 12.4. The smallest absolute Gasteiger partial charge is 0.317 e.